The van der Waals surface area contributed by atoms with E-state index in [1.54, 1.807) is 36.4 Å². The fourth-order valence-electron chi connectivity index (χ4n) is 4.55. The number of unbranched alkanes of at least 4 members (excludes halogenated alkanes) is 11. The topological polar surface area (TPSA) is 69.5 Å². The van der Waals surface area contributed by atoms with E-state index in [9.17, 15) is 4.79 Å². The van der Waals surface area contributed by atoms with E-state index in [1.807, 2.05) is 36.4 Å². The molecule has 0 amide bonds. The van der Waals surface area contributed by atoms with Crippen molar-refractivity contribution in [1.29, 1.82) is 0 Å². The molecule has 3 aromatic carbocycles. The van der Waals surface area contributed by atoms with E-state index in [0.29, 0.717) is 36.1 Å². The number of carbonyl (C=O) groups is 1. The number of carbonyl (C=O) groups excluding carboxylic acids is 1. The van der Waals surface area contributed by atoms with Gasteiger partial charge in [0.15, 0.2) is 0 Å². The normalized spacial score (nSPS) is 11.3. The summed E-state index contributed by atoms with van der Waals surface area (Å²) in [4.78, 5) is 12.6. The Hall–Kier alpha value is -3.67. The molecule has 0 saturated carbocycles. The van der Waals surface area contributed by atoms with Crippen LogP contribution in [-0.2, 0) is 0 Å². The Balaban J connectivity index is 1.30. The number of rotatable bonds is 21. The van der Waals surface area contributed by atoms with Crippen molar-refractivity contribution >= 4 is 17.3 Å². The lowest BCUT2D eigenvalue weighted by Gasteiger charge is -2.08. The van der Waals surface area contributed by atoms with Gasteiger partial charge in [0.2, 0.25) is 0 Å². The number of benzene rings is 3. The summed E-state index contributed by atoms with van der Waals surface area (Å²) in [5.74, 6) is 2.09. The van der Waals surface area contributed by atoms with Crippen LogP contribution < -0.4 is 14.2 Å². The Kier molecular flexibility index (Phi) is 15.9. The quantitative estimate of drug-likeness (QED) is 0.0539. The van der Waals surface area contributed by atoms with Crippen molar-refractivity contribution in [3.8, 4) is 17.2 Å². The van der Waals surface area contributed by atoms with Crippen molar-refractivity contribution in [1.82, 2.24) is 0 Å². The molecule has 0 spiro atoms. The largest absolute Gasteiger partial charge is 0.494 e. The molecule has 3 aromatic rings. The predicted molar refractivity (Wildman–Crippen MR) is 175 cm³/mol. The van der Waals surface area contributed by atoms with Crippen LogP contribution in [0.3, 0.4) is 0 Å². The minimum absolute atomic E-state index is 0.415. The molecule has 6 nitrogen and oxygen atoms in total. The third-order valence-corrected chi connectivity index (χ3v) is 7.10. The highest BCUT2D eigenvalue weighted by Gasteiger charge is 2.09. The van der Waals surface area contributed by atoms with E-state index >= 15 is 0 Å². The Bertz CT molecular complexity index is 1190. The zero-order valence-corrected chi connectivity index (χ0v) is 26.4. The van der Waals surface area contributed by atoms with E-state index in [4.69, 9.17) is 14.2 Å². The van der Waals surface area contributed by atoms with Gasteiger partial charge < -0.3 is 14.2 Å². The molecule has 0 aliphatic heterocycles. The van der Waals surface area contributed by atoms with Crippen LogP contribution in [0.2, 0.25) is 0 Å². The molecule has 0 N–H and O–H groups in total. The molecule has 0 atom stereocenters. The molecule has 0 aliphatic rings. The predicted octanol–water partition coefficient (Wildman–Crippen LogP) is 11.4. The lowest BCUT2D eigenvalue weighted by Crippen LogP contribution is -2.08. The molecule has 0 fully saturated rings. The first kappa shape index (κ1) is 33.8. The van der Waals surface area contributed by atoms with Crippen LogP contribution in [0.4, 0.5) is 11.4 Å². The van der Waals surface area contributed by atoms with Gasteiger partial charge in [0, 0.05) is 0 Å². The first-order valence-corrected chi connectivity index (χ1v) is 16.2. The lowest BCUT2D eigenvalue weighted by molar-refractivity contribution is 0.0734. The number of hydrogen-bond donors (Lipinski definition) is 0. The first-order chi connectivity index (χ1) is 21.0. The SMILES string of the molecule is CCCCCCCCCCCCCCOc1ccc(C(=O)Oc2ccc(N=Nc3ccc(OCC(C)C)cc3)cc2)cc1. The van der Waals surface area contributed by atoms with Gasteiger partial charge in [-0.2, -0.15) is 10.2 Å². The van der Waals surface area contributed by atoms with Gasteiger partial charge in [-0.25, -0.2) is 4.79 Å². The summed E-state index contributed by atoms with van der Waals surface area (Å²) in [6, 6.07) is 21.6. The van der Waals surface area contributed by atoms with Crippen LogP contribution in [0.1, 0.15) is 108 Å². The Morgan fingerprint density at radius 3 is 1.53 bits per heavy atom. The van der Waals surface area contributed by atoms with Crippen LogP contribution in [0.15, 0.2) is 83.0 Å². The maximum atomic E-state index is 12.6. The highest BCUT2D eigenvalue weighted by molar-refractivity contribution is 5.91. The van der Waals surface area contributed by atoms with Gasteiger partial charge in [0.1, 0.15) is 17.2 Å². The van der Waals surface area contributed by atoms with Crippen molar-refractivity contribution < 1.29 is 19.0 Å². The fraction of sp³-hybridized carbons (Fsp3) is 0.486. The van der Waals surface area contributed by atoms with Crippen molar-refractivity contribution in [3.63, 3.8) is 0 Å². The van der Waals surface area contributed by atoms with Crippen LogP contribution in [0.5, 0.6) is 17.2 Å². The summed E-state index contributed by atoms with van der Waals surface area (Å²) < 4.78 is 17.1. The van der Waals surface area contributed by atoms with Gasteiger partial charge in [0.05, 0.1) is 30.2 Å². The van der Waals surface area contributed by atoms with Gasteiger partial charge in [-0.15, -0.1) is 0 Å². The van der Waals surface area contributed by atoms with E-state index in [2.05, 4.69) is 31.0 Å². The standard InChI is InChI=1S/C37H50N2O4/c1-4-5-6-7-8-9-10-11-12-13-14-15-28-41-34-22-16-31(17-23-34)37(40)43-36-26-20-33(21-27-36)39-38-32-18-24-35(25-19-32)42-29-30(2)3/h16-27,30H,4-15,28-29H2,1-3H3. The van der Waals surface area contributed by atoms with Crippen molar-refractivity contribution in [3.05, 3.63) is 78.4 Å². The summed E-state index contributed by atoms with van der Waals surface area (Å²) in [6.45, 7) is 7.87. The molecule has 0 aliphatic carbocycles. The van der Waals surface area contributed by atoms with Crippen LogP contribution in [0, 0.1) is 5.92 Å². The van der Waals surface area contributed by atoms with Gasteiger partial charge in [0.25, 0.3) is 0 Å². The monoisotopic (exact) mass is 586 g/mol. The minimum atomic E-state index is -0.415. The lowest BCUT2D eigenvalue weighted by atomic mass is 10.1. The van der Waals surface area contributed by atoms with Crippen LogP contribution in [-0.4, -0.2) is 19.2 Å². The minimum Gasteiger partial charge on any atom is -0.494 e. The van der Waals surface area contributed by atoms with Gasteiger partial charge in [-0.05, 0) is 85.1 Å². The Morgan fingerprint density at radius 1 is 0.581 bits per heavy atom. The van der Waals surface area contributed by atoms with Crippen LogP contribution in [0.25, 0.3) is 0 Å². The average molecular weight is 587 g/mol. The molecule has 0 aromatic heterocycles. The molecule has 0 saturated heterocycles. The highest BCUT2D eigenvalue weighted by atomic mass is 16.5. The van der Waals surface area contributed by atoms with E-state index < -0.39 is 5.97 Å². The molecule has 0 bridgehead atoms. The van der Waals surface area contributed by atoms with Gasteiger partial charge in [-0.3, -0.25) is 0 Å². The second kappa shape index (κ2) is 20.3. The Labute approximate surface area is 258 Å². The number of azo groups is 1. The number of nitrogens with zero attached hydrogens (tertiary/aromatic N) is 2. The third-order valence-electron chi connectivity index (χ3n) is 7.10. The molecular formula is C37H50N2O4. The molecule has 0 unspecified atom stereocenters. The Morgan fingerprint density at radius 2 is 1.02 bits per heavy atom. The summed E-state index contributed by atoms with van der Waals surface area (Å²) >= 11 is 0. The molecule has 43 heavy (non-hydrogen) atoms. The van der Waals surface area contributed by atoms with Crippen LogP contribution >= 0.6 is 0 Å². The average Bonchev–Trinajstić information content (AvgIpc) is 3.02. The van der Waals surface area contributed by atoms with Gasteiger partial charge in [-0.1, -0.05) is 91.4 Å². The highest BCUT2D eigenvalue weighted by Crippen LogP contribution is 2.24. The third kappa shape index (κ3) is 14.4. The molecule has 3 rings (SSSR count). The second-order valence-corrected chi connectivity index (χ2v) is 11.5. The molecular weight excluding hydrogens is 536 g/mol. The summed E-state index contributed by atoms with van der Waals surface area (Å²) in [6.07, 6.45) is 15.9. The number of ether oxygens (including phenoxy) is 3. The maximum Gasteiger partial charge on any atom is 0.343 e. The zero-order chi connectivity index (χ0) is 30.5. The fourth-order valence-corrected chi connectivity index (χ4v) is 4.55. The molecule has 0 heterocycles. The smallest absolute Gasteiger partial charge is 0.343 e. The number of esters is 1. The zero-order valence-electron chi connectivity index (χ0n) is 26.4. The second-order valence-electron chi connectivity index (χ2n) is 11.5. The van der Waals surface area contributed by atoms with E-state index in [0.717, 1.165) is 23.6 Å². The van der Waals surface area contributed by atoms with E-state index in [1.165, 1.54) is 70.6 Å². The van der Waals surface area contributed by atoms with Gasteiger partial charge >= 0.3 is 5.97 Å². The van der Waals surface area contributed by atoms with Crippen molar-refractivity contribution in [2.45, 2.75) is 97.8 Å². The summed E-state index contributed by atoms with van der Waals surface area (Å²) in [7, 11) is 0. The molecule has 232 valence electrons. The maximum absolute atomic E-state index is 12.6. The van der Waals surface area contributed by atoms with E-state index in [-0.39, 0.29) is 0 Å². The molecule has 6 heteroatoms. The van der Waals surface area contributed by atoms with Crippen molar-refractivity contribution in [2.75, 3.05) is 13.2 Å². The summed E-state index contributed by atoms with van der Waals surface area (Å²) in [5.41, 5.74) is 1.87. The van der Waals surface area contributed by atoms with Crippen molar-refractivity contribution in [2.24, 2.45) is 16.1 Å². The molecule has 0 radical (unpaired) electrons. The first-order valence-electron chi connectivity index (χ1n) is 16.2. The summed E-state index contributed by atoms with van der Waals surface area (Å²) in [5, 5.41) is 8.53. The number of hydrogen-bond acceptors (Lipinski definition) is 6.